The van der Waals surface area contributed by atoms with Crippen LogP contribution in [0.3, 0.4) is 0 Å². The molecule has 0 saturated heterocycles. The number of hydrogen-bond acceptors (Lipinski definition) is 3. The molecule has 1 aromatic heterocycles. The Kier molecular flexibility index (Phi) is 4.72. The maximum absolute atomic E-state index is 12.7. The van der Waals surface area contributed by atoms with Gasteiger partial charge in [-0.2, -0.15) is 13.2 Å². The van der Waals surface area contributed by atoms with Gasteiger partial charge in [0.1, 0.15) is 0 Å². The smallest absolute Gasteiger partial charge is 0.417 e. The van der Waals surface area contributed by atoms with Gasteiger partial charge >= 0.3 is 6.18 Å². The van der Waals surface area contributed by atoms with Gasteiger partial charge in [-0.25, -0.2) is 0 Å². The van der Waals surface area contributed by atoms with Crippen molar-refractivity contribution < 1.29 is 22.6 Å². The van der Waals surface area contributed by atoms with Gasteiger partial charge in [0.25, 0.3) is 0 Å². The molecular weight excluding hydrogens is 342 g/mol. The van der Waals surface area contributed by atoms with Gasteiger partial charge < -0.3 is 9.47 Å². The van der Waals surface area contributed by atoms with E-state index in [0.717, 1.165) is 6.07 Å². The molecule has 118 valence electrons. The fraction of sp³-hybridized carbons (Fsp3) is 0.214. The summed E-state index contributed by atoms with van der Waals surface area (Å²) in [7, 11) is 2.78. The number of methoxy groups -OCH3 is 2. The first-order valence-corrected chi connectivity index (χ1v) is 6.68. The Bertz CT molecular complexity index is 705. The van der Waals surface area contributed by atoms with Crippen LogP contribution >= 0.6 is 23.2 Å². The second-order valence-electron chi connectivity index (χ2n) is 4.21. The molecule has 0 bridgehead atoms. The van der Waals surface area contributed by atoms with Gasteiger partial charge in [-0.1, -0.05) is 23.2 Å². The second-order valence-corrected chi connectivity index (χ2v) is 5.03. The predicted molar refractivity (Wildman–Crippen MR) is 77.8 cm³/mol. The summed E-state index contributed by atoms with van der Waals surface area (Å²) in [4.78, 5) is 3.80. The molecule has 1 aromatic carbocycles. The van der Waals surface area contributed by atoms with Crippen LogP contribution in [0.15, 0.2) is 24.4 Å². The van der Waals surface area contributed by atoms with Gasteiger partial charge in [-0.15, -0.1) is 0 Å². The summed E-state index contributed by atoms with van der Waals surface area (Å²) in [6, 6.07) is 3.88. The SMILES string of the molecule is COc1c(Cl)ccc(-c2ncc(C(F)(F)F)cc2Cl)c1OC. The lowest BCUT2D eigenvalue weighted by atomic mass is 10.1. The summed E-state index contributed by atoms with van der Waals surface area (Å²) in [5.74, 6) is 0.489. The van der Waals surface area contributed by atoms with E-state index < -0.39 is 11.7 Å². The third-order valence-corrected chi connectivity index (χ3v) is 3.48. The Morgan fingerprint density at radius 3 is 2.14 bits per heavy atom. The third kappa shape index (κ3) is 3.08. The maximum atomic E-state index is 12.7. The number of rotatable bonds is 3. The molecule has 0 aliphatic heterocycles. The third-order valence-electron chi connectivity index (χ3n) is 2.90. The number of benzene rings is 1. The zero-order valence-electron chi connectivity index (χ0n) is 11.5. The summed E-state index contributed by atoms with van der Waals surface area (Å²) in [5.41, 5.74) is -0.412. The van der Waals surface area contributed by atoms with E-state index in [9.17, 15) is 13.2 Å². The first kappa shape index (κ1) is 16.7. The second kappa shape index (κ2) is 6.22. The Labute approximate surface area is 134 Å². The minimum Gasteiger partial charge on any atom is -0.492 e. The van der Waals surface area contributed by atoms with Crippen molar-refractivity contribution in [1.29, 1.82) is 0 Å². The van der Waals surface area contributed by atoms with Gasteiger partial charge in [0.2, 0.25) is 0 Å². The van der Waals surface area contributed by atoms with Crippen molar-refractivity contribution in [2.75, 3.05) is 14.2 Å². The molecule has 0 N–H and O–H groups in total. The highest BCUT2D eigenvalue weighted by Crippen LogP contribution is 2.44. The van der Waals surface area contributed by atoms with Crippen molar-refractivity contribution in [1.82, 2.24) is 4.98 Å². The van der Waals surface area contributed by atoms with Crippen molar-refractivity contribution in [3.8, 4) is 22.8 Å². The number of alkyl halides is 3. The molecule has 2 rings (SSSR count). The summed E-state index contributed by atoms with van der Waals surface area (Å²) in [6.07, 6.45) is -3.81. The average Bonchev–Trinajstić information content (AvgIpc) is 2.46. The van der Waals surface area contributed by atoms with E-state index in [1.807, 2.05) is 0 Å². The number of ether oxygens (including phenoxy) is 2. The lowest BCUT2D eigenvalue weighted by Gasteiger charge is -2.15. The van der Waals surface area contributed by atoms with E-state index in [2.05, 4.69) is 4.98 Å². The highest BCUT2D eigenvalue weighted by Gasteiger charge is 2.32. The molecule has 0 radical (unpaired) electrons. The number of aromatic nitrogens is 1. The summed E-state index contributed by atoms with van der Waals surface area (Å²) >= 11 is 11.9. The van der Waals surface area contributed by atoms with E-state index >= 15 is 0 Å². The van der Waals surface area contributed by atoms with E-state index in [1.54, 1.807) is 6.07 Å². The highest BCUT2D eigenvalue weighted by molar-refractivity contribution is 6.34. The van der Waals surface area contributed by atoms with Gasteiger partial charge in [0.05, 0.1) is 35.5 Å². The minimum atomic E-state index is -4.52. The van der Waals surface area contributed by atoms with Crippen molar-refractivity contribution in [2.45, 2.75) is 6.18 Å². The molecule has 0 fully saturated rings. The van der Waals surface area contributed by atoms with Gasteiger partial charge in [-0.05, 0) is 18.2 Å². The van der Waals surface area contributed by atoms with Crippen LogP contribution in [0.2, 0.25) is 10.0 Å². The van der Waals surface area contributed by atoms with Gasteiger partial charge in [-0.3, -0.25) is 4.98 Å². The van der Waals surface area contributed by atoms with Crippen LogP contribution in [0.25, 0.3) is 11.3 Å². The normalized spacial score (nSPS) is 11.4. The first-order chi connectivity index (χ1) is 10.3. The van der Waals surface area contributed by atoms with E-state index in [-0.39, 0.29) is 22.2 Å². The molecule has 0 unspecified atom stereocenters. The average molecular weight is 352 g/mol. The number of pyridine rings is 1. The molecule has 22 heavy (non-hydrogen) atoms. The lowest BCUT2D eigenvalue weighted by Crippen LogP contribution is -2.06. The Hall–Kier alpha value is -1.66. The summed E-state index contributed by atoms with van der Waals surface area (Å²) in [5, 5.41) is 0.142. The Morgan fingerprint density at radius 2 is 1.64 bits per heavy atom. The van der Waals surface area contributed by atoms with Gasteiger partial charge in [0, 0.05) is 11.8 Å². The molecule has 0 atom stereocenters. The molecule has 0 saturated carbocycles. The Balaban J connectivity index is 2.63. The van der Waals surface area contributed by atoms with Gasteiger partial charge in [0.15, 0.2) is 11.5 Å². The van der Waals surface area contributed by atoms with Crippen LogP contribution in [0, 0.1) is 0 Å². The standard InChI is InChI=1S/C14H10Cl2F3NO2/c1-21-12-8(3-4-9(15)13(12)22-2)11-10(16)5-7(6-20-11)14(17,18)19/h3-6H,1-2H3. The van der Waals surface area contributed by atoms with Crippen molar-refractivity contribution in [2.24, 2.45) is 0 Å². The zero-order chi connectivity index (χ0) is 16.5. The number of nitrogens with zero attached hydrogens (tertiary/aromatic N) is 1. The molecule has 1 heterocycles. The number of hydrogen-bond donors (Lipinski definition) is 0. The van der Waals surface area contributed by atoms with Crippen LogP contribution in [0.5, 0.6) is 11.5 Å². The van der Waals surface area contributed by atoms with Crippen LogP contribution in [-0.4, -0.2) is 19.2 Å². The van der Waals surface area contributed by atoms with Crippen LogP contribution in [0.4, 0.5) is 13.2 Å². The molecule has 3 nitrogen and oxygen atoms in total. The zero-order valence-corrected chi connectivity index (χ0v) is 13.0. The van der Waals surface area contributed by atoms with E-state index in [4.69, 9.17) is 32.7 Å². The largest absolute Gasteiger partial charge is 0.492 e. The topological polar surface area (TPSA) is 31.4 Å². The van der Waals surface area contributed by atoms with Crippen LogP contribution in [-0.2, 0) is 6.18 Å². The van der Waals surface area contributed by atoms with Crippen molar-refractivity contribution in [3.05, 3.63) is 40.0 Å². The predicted octanol–water partition coefficient (Wildman–Crippen LogP) is 5.09. The fourth-order valence-corrected chi connectivity index (χ4v) is 2.40. The van der Waals surface area contributed by atoms with Crippen LogP contribution in [0.1, 0.15) is 5.56 Å². The number of halogens is 5. The molecule has 0 aliphatic rings. The molecule has 8 heteroatoms. The van der Waals surface area contributed by atoms with Crippen LogP contribution < -0.4 is 9.47 Å². The first-order valence-electron chi connectivity index (χ1n) is 5.93. The fourth-order valence-electron chi connectivity index (χ4n) is 1.91. The quantitative estimate of drug-likeness (QED) is 0.771. The molecule has 0 aliphatic carbocycles. The molecule has 0 amide bonds. The monoisotopic (exact) mass is 351 g/mol. The molecule has 2 aromatic rings. The molecule has 0 spiro atoms. The van der Waals surface area contributed by atoms with E-state index in [1.165, 1.54) is 20.3 Å². The van der Waals surface area contributed by atoms with Crippen molar-refractivity contribution in [3.63, 3.8) is 0 Å². The summed E-state index contributed by atoms with van der Waals surface area (Å²) in [6.45, 7) is 0. The Morgan fingerprint density at radius 1 is 1.00 bits per heavy atom. The van der Waals surface area contributed by atoms with Crippen molar-refractivity contribution >= 4 is 23.2 Å². The maximum Gasteiger partial charge on any atom is 0.417 e. The lowest BCUT2D eigenvalue weighted by molar-refractivity contribution is -0.137. The molecular formula is C14H10Cl2F3NO2. The summed E-state index contributed by atoms with van der Waals surface area (Å²) < 4.78 is 48.3. The van der Waals surface area contributed by atoms with E-state index in [0.29, 0.717) is 16.8 Å². The highest BCUT2D eigenvalue weighted by atomic mass is 35.5. The minimum absolute atomic E-state index is 0.140.